The van der Waals surface area contributed by atoms with E-state index in [2.05, 4.69) is 85.9 Å². The number of pyridine rings is 2. The van der Waals surface area contributed by atoms with Crippen molar-refractivity contribution in [3.8, 4) is 22.5 Å². The fourth-order valence-electron chi connectivity index (χ4n) is 4.57. The zero-order chi connectivity index (χ0) is 26.7. The monoisotopic (exact) mass is 705 g/mol. The van der Waals surface area contributed by atoms with Crippen molar-refractivity contribution in [3.63, 3.8) is 0 Å². The van der Waals surface area contributed by atoms with Crippen molar-refractivity contribution in [2.75, 3.05) is 0 Å². The number of nitrogens with zero attached hydrogens (tertiary/aromatic N) is 2. The topological polar surface area (TPSA) is 38.9 Å². The molecule has 0 atom stereocenters. The van der Waals surface area contributed by atoms with Gasteiger partial charge in [-0.2, -0.15) is 0 Å². The molecule has 0 aliphatic heterocycles. The minimum atomic E-state index is -1.54. The van der Waals surface area contributed by atoms with E-state index in [1.165, 1.54) is 21.5 Å². The summed E-state index contributed by atoms with van der Waals surface area (Å²) in [6.07, 6.45) is 3.68. The molecule has 5 heteroatoms. The summed E-state index contributed by atoms with van der Waals surface area (Å²) in [6, 6.07) is 35.1. The number of furan rings is 1. The predicted octanol–water partition coefficient (Wildman–Crippen LogP) is 8.66. The molecule has 3 aromatic carbocycles. The van der Waals surface area contributed by atoms with Crippen LogP contribution in [0.15, 0.2) is 102 Å². The minimum absolute atomic E-state index is 0. The number of hydrogen-bond donors (Lipinski definition) is 0. The molecule has 0 saturated heterocycles. The zero-order valence-electron chi connectivity index (χ0n) is 23.0. The van der Waals surface area contributed by atoms with Crippen molar-refractivity contribution in [3.05, 3.63) is 115 Å². The van der Waals surface area contributed by atoms with Crippen molar-refractivity contribution in [1.29, 1.82) is 0 Å². The van der Waals surface area contributed by atoms with Crippen LogP contribution in [0.3, 0.4) is 0 Å². The summed E-state index contributed by atoms with van der Waals surface area (Å²) in [6.45, 7) is 11.5. The van der Waals surface area contributed by atoms with E-state index in [9.17, 15) is 0 Å². The molecular weight excluding hydrogens is 673 g/mol. The molecule has 0 fully saturated rings. The summed E-state index contributed by atoms with van der Waals surface area (Å²) in [5.74, 6) is 0.462. The van der Waals surface area contributed by atoms with Gasteiger partial charge < -0.3 is 14.4 Å². The second-order valence-electron chi connectivity index (χ2n) is 10.8. The third-order valence-corrected chi connectivity index (χ3v) is 8.63. The van der Waals surface area contributed by atoms with E-state index in [0.717, 1.165) is 33.7 Å². The van der Waals surface area contributed by atoms with Gasteiger partial charge in [0, 0.05) is 46.0 Å². The van der Waals surface area contributed by atoms with Gasteiger partial charge in [-0.05, 0) is 35.5 Å². The molecule has 3 aromatic heterocycles. The predicted molar refractivity (Wildman–Crippen MR) is 161 cm³/mol. The Labute approximate surface area is 245 Å². The molecular formula is C34H32IrN2OSi-2. The van der Waals surface area contributed by atoms with Gasteiger partial charge in [0.15, 0.2) is 0 Å². The van der Waals surface area contributed by atoms with Crippen LogP contribution < -0.4 is 5.19 Å². The molecule has 6 rings (SSSR count). The first kappa shape index (κ1) is 28.6. The molecule has 0 bridgehead atoms. The Balaban J connectivity index is 0.000000228. The number of benzene rings is 3. The molecule has 0 spiro atoms. The quantitative estimate of drug-likeness (QED) is 0.136. The summed E-state index contributed by atoms with van der Waals surface area (Å²) < 4.78 is 6.33. The normalized spacial score (nSPS) is 11.2. The van der Waals surface area contributed by atoms with E-state index in [-0.39, 0.29) is 20.1 Å². The van der Waals surface area contributed by atoms with Crippen LogP contribution in [0.5, 0.6) is 0 Å². The van der Waals surface area contributed by atoms with Gasteiger partial charge in [0.1, 0.15) is 5.58 Å². The largest absolute Gasteiger partial charge is 0.501 e. The molecule has 3 heterocycles. The van der Waals surface area contributed by atoms with Crippen LogP contribution in [0.2, 0.25) is 19.6 Å². The Bertz CT molecular complexity index is 1640. The molecule has 0 amide bonds. The number of rotatable bonds is 4. The molecule has 39 heavy (non-hydrogen) atoms. The average molecular weight is 705 g/mol. The van der Waals surface area contributed by atoms with E-state index in [0.29, 0.717) is 5.92 Å². The molecule has 0 saturated carbocycles. The van der Waals surface area contributed by atoms with Crippen LogP contribution in [0.25, 0.3) is 44.5 Å². The van der Waals surface area contributed by atoms with Crippen LogP contribution in [-0.4, -0.2) is 18.0 Å². The first-order chi connectivity index (χ1) is 18.3. The van der Waals surface area contributed by atoms with E-state index in [1.807, 2.05) is 60.8 Å². The van der Waals surface area contributed by atoms with Crippen molar-refractivity contribution in [2.24, 2.45) is 0 Å². The third-order valence-electron chi connectivity index (χ3n) is 6.62. The first-order valence-corrected chi connectivity index (χ1v) is 16.5. The van der Waals surface area contributed by atoms with Gasteiger partial charge in [-0.15, -0.1) is 53.2 Å². The van der Waals surface area contributed by atoms with Crippen molar-refractivity contribution in [2.45, 2.75) is 39.4 Å². The summed E-state index contributed by atoms with van der Waals surface area (Å²) in [5.41, 5.74) is 7.03. The maximum Gasteiger partial charge on any atom is 0.120 e. The Morgan fingerprint density at radius 3 is 2.23 bits per heavy atom. The minimum Gasteiger partial charge on any atom is -0.501 e. The zero-order valence-corrected chi connectivity index (χ0v) is 26.3. The Hall–Kier alpha value is -3.37. The first-order valence-electron chi connectivity index (χ1n) is 13.0. The average Bonchev–Trinajstić information content (AvgIpc) is 3.33. The van der Waals surface area contributed by atoms with E-state index < -0.39 is 8.07 Å². The Morgan fingerprint density at radius 2 is 1.54 bits per heavy atom. The molecule has 0 N–H and O–H groups in total. The standard InChI is InChI=1S/C23H24NOSi.C11H8N.Ir/c1-15(2)16-12-13-24-19(14-16)17-10-11-21(26(3,4)5)22-18-8-6-7-9-20(18)25-23(17)22;1-2-6-10(7-3-1)11-8-4-5-9-12-11;/h6-9,11-15H,1-5H3;1-6,8-9H;/q2*-1;. The van der Waals surface area contributed by atoms with E-state index >= 15 is 0 Å². The maximum absolute atomic E-state index is 6.33. The summed E-state index contributed by atoms with van der Waals surface area (Å²) >= 11 is 0. The molecule has 3 nitrogen and oxygen atoms in total. The molecule has 0 aliphatic rings. The van der Waals surface area contributed by atoms with Crippen LogP contribution in [0.1, 0.15) is 25.3 Å². The number of para-hydroxylation sites is 1. The Morgan fingerprint density at radius 1 is 0.795 bits per heavy atom. The Kier molecular flexibility index (Phi) is 8.96. The van der Waals surface area contributed by atoms with Gasteiger partial charge in [0.05, 0.1) is 5.58 Å². The number of fused-ring (bicyclic) bond motifs is 3. The van der Waals surface area contributed by atoms with Gasteiger partial charge in [-0.3, -0.25) is 0 Å². The van der Waals surface area contributed by atoms with Gasteiger partial charge >= 0.3 is 0 Å². The third kappa shape index (κ3) is 6.28. The van der Waals surface area contributed by atoms with Gasteiger partial charge in [-0.1, -0.05) is 86.4 Å². The maximum atomic E-state index is 6.33. The number of aromatic nitrogens is 2. The second kappa shape index (κ2) is 12.2. The summed E-state index contributed by atoms with van der Waals surface area (Å²) in [5, 5.41) is 3.82. The van der Waals surface area contributed by atoms with E-state index in [1.54, 1.807) is 6.20 Å². The molecule has 199 valence electrons. The van der Waals surface area contributed by atoms with Gasteiger partial charge in [0.2, 0.25) is 0 Å². The molecule has 6 aromatic rings. The van der Waals surface area contributed by atoms with Crippen LogP contribution in [0.4, 0.5) is 0 Å². The van der Waals surface area contributed by atoms with Crippen molar-refractivity contribution < 1.29 is 24.5 Å². The van der Waals surface area contributed by atoms with Crippen LogP contribution in [0, 0.1) is 12.1 Å². The van der Waals surface area contributed by atoms with Gasteiger partial charge in [-0.25, -0.2) is 0 Å². The smallest absolute Gasteiger partial charge is 0.120 e. The molecule has 1 radical (unpaired) electrons. The second-order valence-corrected chi connectivity index (χ2v) is 15.8. The summed E-state index contributed by atoms with van der Waals surface area (Å²) in [4.78, 5) is 8.84. The summed E-state index contributed by atoms with van der Waals surface area (Å²) in [7, 11) is -1.54. The van der Waals surface area contributed by atoms with Crippen LogP contribution >= 0.6 is 0 Å². The fourth-order valence-corrected chi connectivity index (χ4v) is 6.07. The van der Waals surface area contributed by atoms with Crippen molar-refractivity contribution >= 4 is 35.2 Å². The SMILES string of the molecule is CC(C)c1ccnc(-c2[c-]cc([Si](C)(C)C)c3c2oc2ccccc23)c1.[Ir].[c-]1ccccc1-c1ccccn1. The molecule has 0 aliphatic carbocycles. The number of hydrogen-bond acceptors (Lipinski definition) is 3. The molecule has 0 unspecified atom stereocenters. The van der Waals surface area contributed by atoms with Crippen LogP contribution in [-0.2, 0) is 20.1 Å². The van der Waals surface area contributed by atoms with Crippen molar-refractivity contribution in [1.82, 2.24) is 9.97 Å². The van der Waals surface area contributed by atoms with Gasteiger partial charge in [0.25, 0.3) is 0 Å². The van der Waals surface area contributed by atoms with E-state index in [4.69, 9.17) is 4.42 Å². The fraction of sp³-hybridized carbons (Fsp3) is 0.176.